The van der Waals surface area contributed by atoms with E-state index < -0.39 is 5.54 Å². The molecule has 0 heterocycles. The predicted octanol–water partition coefficient (Wildman–Crippen LogP) is 2.49. The van der Waals surface area contributed by atoms with Crippen LogP contribution in [0.1, 0.15) is 72.1 Å². The quantitative estimate of drug-likeness (QED) is 0.473. The van der Waals surface area contributed by atoms with Gasteiger partial charge in [0.2, 0.25) is 0 Å². The van der Waals surface area contributed by atoms with E-state index in [1.54, 1.807) is 38.4 Å². The highest BCUT2D eigenvalue weighted by Crippen LogP contribution is 2.39. The van der Waals surface area contributed by atoms with Crippen molar-refractivity contribution in [1.29, 1.82) is 5.26 Å². The lowest BCUT2D eigenvalue weighted by molar-refractivity contribution is 0.0826. The molecule has 0 radical (unpaired) electrons. The maximum atomic E-state index is 12.1. The number of nitrogens with two attached hydrogens (primary N) is 2. The number of nitrogens with one attached hydrogen (secondary N) is 1. The summed E-state index contributed by atoms with van der Waals surface area (Å²) in [7, 11) is 3.33. The number of nitrogens with zero attached hydrogens (tertiary/aromatic N) is 3. The van der Waals surface area contributed by atoms with Crippen molar-refractivity contribution in [3.63, 3.8) is 0 Å². The molecule has 31 heavy (non-hydrogen) atoms. The van der Waals surface area contributed by atoms with E-state index in [0.717, 1.165) is 0 Å². The van der Waals surface area contributed by atoms with Crippen LogP contribution >= 0.6 is 0 Å². The van der Waals surface area contributed by atoms with Gasteiger partial charge in [-0.2, -0.15) is 5.26 Å². The Morgan fingerprint density at radius 3 is 1.97 bits per heavy atom. The number of hydrogen-bond donors (Lipinski definition) is 3. The monoisotopic (exact) mass is 426 g/mol. The van der Waals surface area contributed by atoms with Crippen molar-refractivity contribution in [2.24, 2.45) is 11.6 Å². The molecule has 0 saturated heterocycles. The molecule has 1 aromatic carbocycles. The Hall–Kier alpha value is -3.05. The van der Waals surface area contributed by atoms with Crippen molar-refractivity contribution in [2.45, 2.75) is 56.9 Å². The molecular weight excluding hydrogens is 392 g/mol. The number of carbonyl (C=O) groups is 2. The first-order chi connectivity index (χ1) is 14.8. The summed E-state index contributed by atoms with van der Waals surface area (Å²) in [6.45, 7) is 0.104. The number of rotatable bonds is 6. The summed E-state index contributed by atoms with van der Waals surface area (Å²) >= 11 is 0. The standard InChI is InChI=1S/C17H22N6O2.C6H12/c1-22(2)16(25)13-5-3-12(4-6-13)15(24)21-9-14(19)10-23(20)17(11-18)7-8-17;1-2-4-6-5-3-1/h3-6,10H,7-9,19-20H2,1-2H3,(H,21,24);1-6H2/b14-10-;. The van der Waals surface area contributed by atoms with Crippen LogP contribution in [0, 0.1) is 11.3 Å². The molecule has 0 bridgehead atoms. The minimum absolute atomic E-state index is 0.104. The van der Waals surface area contributed by atoms with Gasteiger partial charge < -0.3 is 16.0 Å². The number of carbonyl (C=O) groups excluding carboxylic acids is 2. The molecule has 168 valence electrons. The molecule has 2 aliphatic carbocycles. The number of hydrazine groups is 1. The fraction of sp³-hybridized carbons (Fsp3) is 0.522. The molecule has 2 amide bonds. The molecule has 8 nitrogen and oxygen atoms in total. The van der Waals surface area contributed by atoms with Gasteiger partial charge in [-0.1, -0.05) is 38.5 Å². The lowest BCUT2D eigenvalue weighted by atomic mass is 10.0. The van der Waals surface area contributed by atoms with Crippen LogP contribution in [-0.2, 0) is 0 Å². The molecule has 1 aromatic rings. The maximum Gasteiger partial charge on any atom is 0.253 e. The van der Waals surface area contributed by atoms with Gasteiger partial charge in [-0.3, -0.25) is 14.6 Å². The number of hydrogen-bond acceptors (Lipinski definition) is 6. The first-order valence-electron chi connectivity index (χ1n) is 10.8. The summed E-state index contributed by atoms with van der Waals surface area (Å²) in [5.74, 6) is 5.37. The average Bonchev–Trinajstić information content (AvgIpc) is 3.60. The fourth-order valence-electron chi connectivity index (χ4n) is 3.26. The Morgan fingerprint density at radius 2 is 1.55 bits per heavy atom. The van der Waals surface area contributed by atoms with Gasteiger partial charge in [0.1, 0.15) is 5.54 Å². The molecule has 2 aliphatic rings. The Labute approximate surface area is 184 Å². The molecule has 0 unspecified atom stereocenters. The van der Waals surface area contributed by atoms with Crippen LogP contribution in [0.4, 0.5) is 0 Å². The number of benzene rings is 1. The average molecular weight is 427 g/mol. The molecule has 2 fully saturated rings. The van der Waals surface area contributed by atoms with Crippen molar-refractivity contribution >= 4 is 11.8 Å². The van der Waals surface area contributed by atoms with E-state index in [9.17, 15) is 9.59 Å². The van der Waals surface area contributed by atoms with Gasteiger partial charge in [-0.25, -0.2) is 5.84 Å². The van der Waals surface area contributed by atoms with E-state index in [1.165, 1.54) is 54.6 Å². The Balaban J connectivity index is 0.000000488. The van der Waals surface area contributed by atoms with Crippen LogP contribution < -0.4 is 16.9 Å². The van der Waals surface area contributed by atoms with E-state index in [-0.39, 0.29) is 18.4 Å². The zero-order valence-electron chi connectivity index (χ0n) is 18.6. The van der Waals surface area contributed by atoms with Crippen LogP contribution in [0.2, 0.25) is 0 Å². The molecule has 5 N–H and O–H groups in total. The largest absolute Gasteiger partial charge is 0.399 e. The topological polar surface area (TPSA) is 128 Å². The summed E-state index contributed by atoms with van der Waals surface area (Å²) in [6.07, 6.45) is 11.9. The van der Waals surface area contributed by atoms with E-state index in [4.69, 9.17) is 16.8 Å². The van der Waals surface area contributed by atoms with E-state index in [2.05, 4.69) is 11.4 Å². The van der Waals surface area contributed by atoms with E-state index >= 15 is 0 Å². The summed E-state index contributed by atoms with van der Waals surface area (Å²) in [4.78, 5) is 25.4. The van der Waals surface area contributed by atoms with Gasteiger partial charge in [-0.05, 0) is 37.1 Å². The first kappa shape index (κ1) is 24.2. The number of nitriles is 1. The summed E-state index contributed by atoms with van der Waals surface area (Å²) in [5.41, 5.74) is 6.45. The molecular formula is C23H34N6O2. The van der Waals surface area contributed by atoms with Crippen LogP contribution in [0.5, 0.6) is 0 Å². The molecule has 0 aliphatic heterocycles. The Bertz CT molecular complexity index is 806. The van der Waals surface area contributed by atoms with Crippen LogP contribution in [0.3, 0.4) is 0 Å². The summed E-state index contributed by atoms with van der Waals surface area (Å²) < 4.78 is 0. The van der Waals surface area contributed by atoms with Gasteiger partial charge in [0.25, 0.3) is 11.8 Å². The van der Waals surface area contributed by atoms with Crippen LogP contribution in [-0.4, -0.2) is 47.9 Å². The summed E-state index contributed by atoms with van der Waals surface area (Å²) in [5, 5.41) is 13.0. The van der Waals surface area contributed by atoms with Crippen molar-refractivity contribution in [3.8, 4) is 6.07 Å². The molecule has 8 heteroatoms. The molecule has 3 rings (SSSR count). The van der Waals surface area contributed by atoms with Gasteiger partial charge in [0.15, 0.2) is 0 Å². The minimum Gasteiger partial charge on any atom is -0.399 e. The minimum atomic E-state index is -0.663. The first-order valence-corrected chi connectivity index (χ1v) is 10.8. The van der Waals surface area contributed by atoms with Crippen molar-refractivity contribution < 1.29 is 9.59 Å². The van der Waals surface area contributed by atoms with Gasteiger partial charge in [-0.15, -0.1) is 0 Å². The van der Waals surface area contributed by atoms with Crippen molar-refractivity contribution in [3.05, 3.63) is 47.3 Å². The smallest absolute Gasteiger partial charge is 0.253 e. The Morgan fingerprint density at radius 1 is 1.06 bits per heavy atom. The molecule has 0 spiro atoms. The van der Waals surface area contributed by atoms with Gasteiger partial charge >= 0.3 is 0 Å². The SMILES string of the molecule is C1CCCCC1.CN(C)C(=O)c1ccc(C(=O)NC/C(N)=C/N(N)C2(C#N)CC2)cc1. The third-order valence-electron chi connectivity index (χ3n) is 5.48. The van der Waals surface area contributed by atoms with E-state index in [1.807, 2.05) is 0 Å². The van der Waals surface area contributed by atoms with Gasteiger partial charge in [0, 0.05) is 37.1 Å². The fourth-order valence-corrected chi connectivity index (χ4v) is 3.26. The highest BCUT2D eigenvalue weighted by Gasteiger charge is 2.47. The zero-order chi connectivity index (χ0) is 22.9. The van der Waals surface area contributed by atoms with Gasteiger partial charge in [0.05, 0.1) is 12.6 Å². The lowest BCUT2D eigenvalue weighted by Gasteiger charge is -2.20. The maximum absolute atomic E-state index is 12.1. The second kappa shape index (κ2) is 11.4. The molecule has 0 atom stereocenters. The zero-order valence-corrected chi connectivity index (χ0v) is 18.6. The summed E-state index contributed by atoms with van der Waals surface area (Å²) in [6, 6.07) is 8.51. The lowest BCUT2D eigenvalue weighted by Crippen LogP contribution is -2.39. The van der Waals surface area contributed by atoms with E-state index in [0.29, 0.717) is 29.7 Å². The van der Waals surface area contributed by atoms with Crippen LogP contribution in [0.15, 0.2) is 36.2 Å². The third-order valence-corrected chi connectivity index (χ3v) is 5.48. The normalized spacial score (nSPS) is 16.8. The third kappa shape index (κ3) is 7.30. The molecule has 0 aromatic heterocycles. The highest BCUT2D eigenvalue weighted by atomic mass is 16.2. The van der Waals surface area contributed by atoms with Crippen molar-refractivity contribution in [1.82, 2.24) is 15.2 Å². The second-order valence-electron chi connectivity index (χ2n) is 8.34. The highest BCUT2D eigenvalue weighted by molar-refractivity contribution is 5.97. The molecule has 2 saturated carbocycles. The Kier molecular flexibility index (Phi) is 8.88. The second-order valence-corrected chi connectivity index (χ2v) is 8.34. The number of amides is 2. The predicted molar refractivity (Wildman–Crippen MR) is 120 cm³/mol. The van der Waals surface area contributed by atoms with Crippen LogP contribution in [0.25, 0.3) is 0 Å². The van der Waals surface area contributed by atoms with Crippen molar-refractivity contribution in [2.75, 3.05) is 20.6 Å².